The van der Waals surface area contributed by atoms with Crippen LogP contribution in [0.15, 0.2) is 27.5 Å². The Bertz CT molecular complexity index is 425. The molecule has 0 aromatic carbocycles. The Hall–Kier alpha value is -1.14. The van der Waals surface area contributed by atoms with Crippen molar-refractivity contribution in [1.82, 2.24) is 9.80 Å². The fraction of sp³-hybridized carbons (Fsp3) is 0.583. The quantitative estimate of drug-likeness (QED) is 0.808. The third kappa shape index (κ3) is 4.18. The van der Waals surface area contributed by atoms with Crippen LogP contribution in [0, 0.1) is 0 Å². The van der Waals surface area contributed by atoms with Gasteiger partial charge in [0.25, 0.3) is 6.08 Å². The molecule has 0 atom stereocenters. The summed E-state index contributed by atoms with van der Waals surface area (Å²) in [6, 6.07) is 0. The minimum absolute atomic E-state index is 0.102. The molecule has 0 bridgehead atoms. The molecular formula is C12H19ClF2N4. The van der Waals surface area contributed by atoms with Gasteiger partial charge in [-0.05, 0) is 13.5 Å². The summed E-state index contributed by atoms with van der Waals surface area (Å²) in [5, 5.41) is 0.102. The van der Waals surface area contributed by atoms with E-state index in [1.54, 1.807) is 0 Å². The fourth-order valence-electron chi connectivity index (χ4n) is 1.85. The van der Waals surface area contributed by atoms with Crippen LogP contribution in [0.2, 0.25) is 0 Å². The Labute approximate surface area is 117 Å². The standard InChI is InChI=1S/C12H19ClF2N4/c1-18(2)11(12(14)15)10(16)9(13)8-7-19(3)6-4-5-17-8/h4-7,16H2,1-3H3/b10-9+. The number of likely N-dealkylation sites (N-methyl/N-ethyl adjacent to an activating group) is 1. The molecule has 0 saturated heterocycles. The van der Waals surface area contributed by atoms with E-state index in [1.165, 1.54) is 19.0 Å². The summed E-state index contributed by atoms with van der Waals surface area (Å²) in [4.78, 5) is 7.59. The molecule has 19 heavy (non-hydrogen) atoms. The summed E-state index contributed by atoms with van der Waals surface area (Å²) < 4.78 is 25.8. The summed E-state index contributed by atoms with van der Waals surface area (Å²) in [7, 11) is 4.92. The molecule has 0 aromatic rings. The molecule has 7 heteroatoms. The molecule has 0 radical (unpaired) electrons. The summed E-state index contributed by atoms with van der Waals surface area (Å²) in [6.07, 6.45) is -0.944. The molecule has 0 saturated carbocycles. The van der Waals surface area contributed by atoms with E-state index >= 15 is 0 Å². The molecule has 108 valence electrons. The van der Waals surface area contributed by atoms with Gasteiger partial charge in [-0.1, -0.05) is 11.6 Å². The molecule has 0 amide bonds. The Morgan fingerprint density at radius 3 is 2.58 bits per heavy atom. The Morgan fingerprint density at radius 1 is 1.42 bits per heavy atom. The van der Waals surface area contributed by atoms with Crippen LogP contribution in [0.4, 0.5) is 8.78 Å². The van der Waals surface area contributed by atoms with Crippen molar-refractivity contribution in [3.8, 4) is 0 Å². The normalized spacial score (nSPS) is 18.3. The number of nitrogens with two attached hydrogens (primary N) is 1. The molecular weight excluding hydrogens is 274 g/mol. The van der Waals surface area contributed by atoms with Crippen LogP contribution in [-0.4, -0.2) is 56.3 Å². The zero-order valence-corrected chi connectivity index (χ0v) is 12.1. The fourth-order valence-corrected chi connectivity index (χ4v) is 2.06. The van der Waals surface area contributed by atoms with Crippen molar-refractivity contribution in [1.29, 1.82) is 0 Å². The molecule has 2 N–H and O–H groups in total. The summed E-state index contributed by atoms with van der Waals surface area (Å²) in [5.74, 6) is 0. The maximum absolute atomic E-state index is 12.9. The van der Waals surface area contributed by atoms with Crippen molar-refractivity contribution < 1.29 is 8.78 Å². The predicted octanol–water partition coefficient (Wildman–Crippen LogP) is 1.84. The summed E-state index contributed by atoms with van der Waals surface area (Å²) >= 11 is 6.13. The number of hydrogen-bond donors (Lipinski definition) is 1. The van der Waals surface area contributed by atoms with Crippen molar-refractivity contribution in [2.45, 2.75) is 6.42 Å². The first kappa shape index (κ1) is 15.9. The van der Waals surface area contributed by atoms with Gasteiger partial charge in [0.15, 0.2) is 0 Å². The van der Waals surface area contributed by atoms with Crippen LogP contribution in [0.3, 0.4) is 0 Å². The van der Waals surface area contributed by atoms with Crippen LogP contribution in [0.1, 0.15) is 6.42 Å². The summed E-state index contributed by atoms with van der Waals surface area (Å²) in [6.45, 7) is 2.03. The highest BCUT2D eigenvalue weighted by molar-refractivity contribution is 6.44. The van der Waals surface area contributed by atoms with E-state index in [-0.39, 0.29) is 16.4 Å². The van der Waals surface area contributed by atoms with E-state index in [0.717, 1.165) is 13.0 Å². The third-order valence-electron chi connectivity index (χ3n) is 2.79. The lowest BCUT2D eigenvalue weighted by atomic mass is 10.2. The molecule has 0 fully saturated rings. The van der Waals surface area contributed by atoms with Gasteiger partial charge in [-0.15, -0.1) is 0 Å². The first-order valence-corrected chi connectivity index (χ1v) is 6.32. The van der Waals surface area contributed by atoms with E-state index in [0.29, 0.717) is 18.8 Å². The number of halogens is 3. The van der Waals surface area contributed by atoms with Crippen LogP contribution in [0.5, 0.6) is 0 Å². The van der Waals surface area contributed by atoms with Gasteiger partial charge in [-0.25, -0.2) is 0 Å². The van der Waals surface area contributed by atoms with Gasteiger partial charge in [-0.2, -0.15) is 8.78 Å². The molecule has 1 aliphatic heterocycles. The zero-order chi connectivity index (χ0) is 14.6. The molecule has 0 unspecified atom stereocenters. The highest BCUT2D eigenvalue weighted by Gasteiger charge is 2.20. The predicted molar refractivity (Wildman–Crippen MR) is 74.4 cm³/mol. The third-order valence-corrected chi connectivity index (χ3v) is 3.21. The Kier molecular flexibility index (Phi) is 5.75. The number of nitrogens with zero attached hydrogens (tertiary/aromatic N) is 3. The van der Waals surface area contributed by atoms with Gasteiger partial charge in [0.2, 0.25) is 0 Å². The van der Waals surface area contributed by atoms with Crippen molar-refractivity contribution in [3.05, 3.63) is 22.5 Å². The van der Waals surface area contributed by atoms with E-state index in [1.807, 2.05) is 11.9 Å². The molecule has 0 spiro atoms. The zero-order valence-electron chi connectivity index (χ0n) is 11.4. The summed E-state index contributed by atoms with van der Waals surface area (Å²) in [5.41, 5.74) is 5.82. The van der Waals surface area contributed by atoms with Gasteiger partial charge in [0, 0.05) is 33.7 Å². The number of aliphatic imine (C=N–C) groups is 1. The lowest BCUT2D eigenvalue weighted by Gasteiger charge is -2.19. The lowest BCUT2D eigenvalue weighted by Crippen LogP contribution is -2.27. The smallest absolute Gasteiger partial charge is 0.295 e. The maximum atomic E-state index is 12.9. The Morgan fingerprint density at radius 2 is 2.05 bits per heavy atom. The van der Waals surface area contributed by atoms with Crippen LogP contribution in [-0.2, 0) is 0 Å². The second-order valence-electron chi connectivity index (χ2n) is 4.65. The topological polar surface area (TPSA) is 44.9 Å². The lowest BCUT2D eigenvalue weighted by molar-refractivity contribution is 0.370. The first-order chi connectivity index (χ1) is 8.84. The first-order valence-electron chi connectivity index (χ1n) is 5.95. The SMILES string of the molecule is CN1CCCN=C(/C(Cl)=C(\N)C(=C(F)F)N(C)C)C1. The molecule has 0 aliphatic carbocycles. The average molecular weight is 293 g/mol. The van der Waals surface area contributed by atoms with E-state index in [2.05, 4.69) is 4.99 Å². The van der Waals surface area contributed by atoms with E-state index < -0.39 is 6.08 Å². The van der Waals surface area contributed by atoms with Gasteiger partial charge < -0.3 is 15.5 Å². The number of hydrogen-bond acceptors (Lipinski definition) is 4. The van der Waals surface area contributed by atoms with E-state index in [4.69, 9.17) is 17.3 Å². The van der Waals surface area contributed by atoms with Crippen molar-refractivity contribution in [2.24, 2.45) is 10.7 Å². The van der Waals surface area contributed by atoms with Gasteiger partial charge in [0.05, 0.1) is 16.4 Å². The molecule has 4 nitrogen and oxygen atoms in total. The second-order valence-corrected chi connectivity index (χ2v) is 5.03. The monoisotopic (exact) mass is 292 g/mol. The van der Waals surface area contributed by atoms with Crippen molar-refractivity contribution in [3.63, 3.8) is 0 Å². The van der Waals surface area contributed by atoms with Crippen LogP contribution >= 0.6 is 11.6 Å². The number of rotatable bonds is 3. The van der Waals surface area contributed by atoms with Crippen LogP contribution < -0.4 is 5.73 Å². The van der Waals surface area contributed by atoms with E-state index in [9.17, 15) is 8.78 Å². The van der Waals surface area contributed by atoms with Gasteiger partial charge in [-0.3, -0.25) is 4.99 Å². The largest absolute Gasteiger partial charge is 0.396 e. The van der Waals surface area contributed by atoms with Crippen molar-refractivity contribution >= 4 is 17.3 Å². The van der Waals surface area contributed by atoms with Crippen molar-refractivity contribution in [2.75, 3.05) is 40.8 Å². The highest BCUT2D eigenvalue weighted by Crippen LogP contribution is 2.22. The Balaban J connectivity index is 3.13. The molecule has 1 rings (SSSR count). The second kappa shape index (κ2) is 6.86. The average Bonchev–Trinajstić information content (AvgIpc) is 2.51. The molecule has 1 heterocycles. The maximum Gasteiger partial charge on any atom is 0.295 e. The highest BCUT2D eigenvalue weighted by atomic mass is 35.5. The minimum atomic E-state index is -1.86. The van der Waals surface area contributed by atoms with Gasteiger partial charge >= 0.3 is 0 Å². The molecule has 1 aliphatic rings. The van der Waals surface area contributed by atoms with Crippen LogP contribution in [0.25, 0.3) is 0 Å². The molecule has 0 aromatic heterocycles. The minimum Gasteiger partial charge on any atom is -0.396 e. The van der Waals surface area contributed by atoms with Gasteiger partial charge in [0.1, 0.15) is 5.70 Å².